The Labute approximate surface area is 252 Å². The zero-order chi connectivity index (χ0) is 32.3. The third-order valence-electron chi connectivity index (χ3n) is 6.49. The first kappa shape index (κ1) is 32.5. The number of hydrogen-bond acceptors (Lipinski definition) is 8. The molecule has 1 atom stereocenters. The second-order valence-corrected chi connectivity index (χ2v) is 10.0. The van der Waals surface area contributed by atoms with Crippen LogP contribution in [0.15, 0.2) is 70.9 Å². The Kier molecular flexibility index (Phi) is 9.63. The first-order valence-electron chi connectivity index (χ1n) is 12.9. The summed E-state index contributed by atoms with van der Waals surface area (Å²) in [6, 6.07) is 5.25. The van der Waals surface area contributed by atoms with Crippen LogP contribution in [0, 0.1) is 12.7 Å². The number of aliphatic hydroxyl groups is 3. The fraction of sp³-hybridized carbons (Fsp3) is 0.250. The van der Waals surface area contributed by atoms with E-state index in [1.165, 1.54) is 49.8 Å². The van der Waals surface area contributed by atoms with Crippen LogP contribution in [-0.2, 0) is 12.5 Å². The summed E-state index contributed by atoms with van der Waals surface area (Å²) in [5, 5.41) is 34.7. The average molecular weight is 636 g/mol. The van der Waals surface area contributed by atoms with Gasteiger partial charge in [0.25, 0.3) is 5.56 Å². The molecule has 0 saturated carbocycles. The predicted molar refractivity (Wildman–Crippen MR) is 153 cm³/mol. The lowest BCUT2D eigenvalue weighted by molar-refractivity contribution is -0.380. The van der Waals surface area contributed by atoms with Gasteiger partial charge < -0.3 is 15.3 Å². The quantitative estimate of drug-likeness (QED) is 0.132. The van der Waals surface area contributed by atoms with Gasteiger partial charge in [0, 0.05) is 23.7 Å². The van der Waals surface area contributed by atoms with E-state index in [-0.39, 0.29) is 27.4 Å². The van der Waals surface area contributed by atoms with Gasteiger partial charge in [-0.2, -0.15) is 28.3 Å². The van der Waals surface area contributed by atoms with Crippen molar-refractivity contribution in [3.63, 3.8) is 0 Å². The van der Waals surface area contributed by atoms with Gasteiger partial charge in [-0.3, -0.25) is 14.4 Å². The Hall–Kier alpha value is -4.44. The van der Waals surface area contributed by atoms with E-state index in [1.54, 1.807) is 19.9 Å². The summed E-state index contributed by atoms with van der Waals surface area (Å²) in [6.07, 6.45) is 3.83. The number of aliphatic imine (C=N–C) groups is 1. The molecule has 0 fully saturated rings. The third-order valence-corrected chi connectivity index (χ3v) is 6.87. The van der Waals surface area contributed by atoms with E-state index < -0.39 is 52.9 Å². The van der Waals surface area contributed by atoms with Crippen molar-refractivity contribution < 1.29 is 32.9 Å². The molecule has 0 spiro atoms. The number of halogens is 5. The molecule has 4 aromatic rings. The molecule has 0 aliphatic heterocycles. The molecule has 3 aromatic heterocycles. The summed E-state index contributed by atoms with van der Waals surface area (Å²) < 4.78 is 60.0. The van der Waals surface area contributed by atoms with Gasteiger partial charge in [0.1, 0.15) is 22.9 Å². The third kappa shape index (κ3) is 6.70. The molecule has 232 valence electrons. The highest BCUT2D eigenvalue weighted by Crippen LogP contribution is 2.29. The fourth-order valence-corrected chi connectivity index (χ4v) is 4.75. The van der Waals surface area contributed by atoms with Crippen LogP contribution in [0.5, 0.6) is 0 Å². The van der Waals surface area contributed by atoms with Crippen molar-refractivity contribution in [2.24, 2.45) is 4.99 Å². The molecule has 0 aliphatic carbocycles. The molecule has 0 radical (unpaired) electrons. The molecule has 0 amide bonds. The van der Waals surface area contributed by atoms with E-state index in [1.807, 2.05) is 0 Å². The molecule has 44 heavy (non-hydrogen) atoms. The van der Waals surface area contributed by atoms with Gasteiger partial charge in [-0.1, -0.05) is 30.7 Å². The molecule has 0 bridgehead atoms. The Morgan fingerprint density at radius 1 is 1.23 bits per heavy atom. The minimum Gasteiger partial charge on any atom is -0.324 e. The van der Waals surface area contributed by atoms with E-state index in [0.717, 1.165) is 17.1 Å². The molecule has 4 rings (SSSR count). The van der Waals surface area contributed by atoms with E-state index >= 15 is 8.78 Å². The summed E-state index contributed by atoms with van der Waals surface area (Å²) in [5.41, 5.74) is -0.928. The Morgan fingerprint density at radius 3 is 2.59 bits per heavy atom. The van der Waals surface area contributed by atoms with E-state index in [2.05, 4.69) is 20.2 Å². The summed E-state index contributed by atoms with van der Waals surface area (Å²) in [6.45, 7) is 1.75. The van der Waals surface area contributed by atoms with E-state index in [4.69, 9.17) is 11.6 Å². The predicted octanol–water partition coefficient (Wildman–Crippen LogP) is 4.48. The van der Waals surface area contributed by atoms with Crippen molar-refractivity contribution in [1.82, 2.24) is 29.1 Å². The van der Waals surface area contributed by atoms with Crippen molar-refractivity contribution in [1.29, 1.82) is 0 Å². The molecule has 0 saturated heterocycles. The van der Waals surface area contributed by atoms with Crippen LogP contribution in [0.3, 0.4) is 0 Å². The highest BCUT2D eigenvalue weighted by molar-refractivity contribution is 6.31. The van der Waals surface area contributed by atoms with Crippen LogP contribution in [0.2, 0.25) is 5.02 Å². The van der Waals surface area contributed by atoms with Crippen LogP contribution in [0.25, 0.3) is 17.6 Å². The standard InChI is InChI=1S/C28H26ClF4N7O4/c1-4-8-34-24(18-6-5-7-19(23(18)31)25-35-14-37-40(25)27(32)33)21(30)13-38-16(3)10-20(22(29)26(38)41)15(2)9-17-11-36-39(12-17)28(42,43)44/h4-8,10-15,27,42-44H,9H2,1-3H3/b8-4+,21-13-,34-24+. The van der Waals surface area contributed by atoms with Gasteiger partial charge in [-0.05, 0) is 55.5 Å². The maximum absolute atomic E-state index is 15.9. The number of aryl methyl sites for hydroxylation is 1. The maximum atomic E-state index is 15.9. The molecule has 0 aliphatic rings. The molecule has 1 aromatic carbocycles. The van der Waals surface area contributed by atoms with Crippen molar-refractivity contribution in [2.75, 3.05) is 0 Å². The number of benzene rings is 1. The number of aromatic nitrogens is 6. The highest BCUT2D eigenvalue weighted by Gasteiger charge is 2.25. The minimum absolute atomic E-state index is 0.218. The lowest BCUT2D eigenvalue weighted by atomic mass is 9.95. The molecular formula is C28H26ClF4N7O4. The molecule has 1 unspecified atom stereocenters. The highest BCUT2D eigenvalue weighted by atomic mass is 35.5. The normalized spacial score (nSPS) is 13.8. The molecule has 3 heterocycles. The van der Waals surface area contributed by atoms with Crippen LogP contribution in [0.1, 0.15) is 48.7 Å². The fourth-order valence-electron chi connectivity index (χ4n) is 4.42. The number of hydrogen-bond donors (Lipinski definition) is 3. The van der Waals surface area contributed by atoms with Gasteiger partial charge >= 0.3 is 12.6 Å². The number of nitrogens with zero attached hydrogens (tertiary/aromatic N) is 7. The molecule has 11 nitrogen and oxygen atoms in total. The van der Waals surface area contributed by atoms with E-state index in [9.17, 15) is 28.9 Å². The largest absolute Gasteiger partial charge is 0.389 e. The number of alkyl halides is 2. The summed E-state index contributed by atoms with van der Waals surface area (Å²) in [7, 11) is 0. The summed E-state index contributed by atoms with van der Waals surface area (Å²) >= 11 is 6.41. The van der Waals surface area contributed by atoms with Crippen LogP contribution in [0.4, 0.5) is 17.6 Å². The molecular weight excluding hydrogens is 610 g/mol. The van der Waals surface area contributed by atoms with Crippen LogP contribution in [-0.4, -0.2) is 50.1 Å². The Morgan fingerprint density at radius 2 is 1.95 bits per heavy atom. The van der Waals surface area contributed by atoms with Gasteiger partial charge in [0.05, 0.1) is 18.0 Å². The Balaban J connectivity index is 1.73. The second-order valence-electron chi connectivity index (χ2n) is 9.64. The summed E-state index contributed by atoms with van der Waals surface area (Å²) in [5.74, 6) is -3.11. The van der Waals surface area contributed by atoms with Crippen molar-refractivity contribution in [3.05, 3.63) is 105 Å². The van der Waals surface area contributed by atoms with Gasteiger partial charge in [-0.15, -0.1) is 0 Å². The van der Waals surface area contributed by atoms with Crippen LogP contribution < -0.4 is 5.56 Å². The SMILES string of the molecule is C/C=C/N=C(/C(F)=C/n1c(C)cc(C(C)Cc2cnn(C(O)(O)O)c2)c(Cl)c1=O)c1cccc(-c2ncnn2C(F)F)c1F. The first-order chi connectivity index (χ1) is 20.7. The molecule has 16 heteroatoms. The van der Waals surface area contributed by atoms with Crippen LogP contribution >= 0.6 is 11.6 Å². The van der Waals surface area contributed by atoms with Crippen molar-refractivity contribution in [2.45, 2.75) is 45.8 Å². The smallest absolute Gasteiger partial charge is 0.324 e. The minimum atomic E-state index is -3.18. The zero-order valence-electron chi connectivity index (χ0n) is 23.4. The summed E-state index contributed by atoms with van der Waals surface area (Å²) in [4.78, 5) is 21.0. The Bertz CT molecular complexity index is 1820. The van der Waals surface area contributed by atoms with Gasteiger partial charge in [-0.25, -0.2) is 13.8 Å². The average Bonchev–Trinajstić information content (AvgIpc) is 3.64. The molecule has 3 N–H and O–H groups in total. The number of pyridine rings is 1. The van der Waals surface area contributed by atoms with Crippen molar-refractivity contribution >= 4 is 23.5 Å². The maximum Gasteiger partial charge on any atom is 0.389 e. The first-order valence-corrected chi connectivity index (χ1v) is 13.3. The van der Waals surface area contributed by atoms with Gasteiger partial charge in [0.2, 0.25) is 0 Å². The lowest BCUT2D eigenvalue weighted by Crippen LogP contribution is -2.32. The monoisotopic (exact) mass is 635 g/mol. The van der Waals surface area contributed by atoms with Crippen molar-refractivity contribution in [3.8, 4) is 11.4 Å². The lowest BCUT2D eigenvalue weighted by Gasteiger charge is -2.16. The van der Waals surface area contributed by atoms with E-state index in [0.29, 0.717) is 15.8 Å². The second kappa shape index (κ2) is 13.1. The zero-order valence-corrected chi connectivity index (χ0v) is 24.2. The van der Waals surface area contributed by atoms with Gasteiger partial charge in [0.15, 0.2) is 11.7 Å². The number of rotatable bonds is 10. The number of allylic oxidation sites excluding steroid dienone is 2. The topological polar surface area (TPSA) is 144 Å².